The van der Waals surface area contributed by atoms with Gasteiger partial charge in [-0.05, 0) is 0 Å². The Labute approximate surface area is 85.8 Å². The normalized spacial score (nSPS) is 40.8. The molecule has 0 aromatic heterocycles. The Morgan fingerprint density at radius 1 is 1.47 bits per heavy atom. The average Bonchev–Trinajstić information content (AvgIpc) is 2.57. The van der Waals surface area contributed by atoms with Crippen molar-refractivity contribution < 1.29 is 27.9 Å². The van der Waals surface area contributed by atoms with Crippen LogP contribution in [0.5, 0.6) is 0 Å². The molecule has 0 bridgehead atoms. The number of hydrogen-bond acceptors (Lipinski definition) is 2. The van der Waals surface area contributed by atoms with Crippen molar-refractivity contribution in [2.24, 2.45) is 0 Å². The molecular formula is C9H15F3NO2+. The minimum Gasteiger partial charge on any atom is -0.390 e. The van der Waals surface area contributed by atoms with Crippen molar-refractivity contribution in [3.05, 3.63) is 0 Å². The molecule has 15 heavy (non-hydrogen) atoms. The number of aliphatic hydroxyl groups is 1. The number of aliphatic hydroxyl groups excluding tert-OH is 1. The van der Waals surface area contributed by atoms with Crippen molar-refractivity contribution in [2.75, 3.05) is 19.7 Å². The van der Waals surface area contributed by atoms with Gasteiger partial charge in [-0.1, -0.05) is 0 Å². The molecule has 0 aliphatic carbocycles. The summed E-state index contributed by atoms with van der Waals surface area (Å²) in [7, 11) is 0. The van der Waals surface area contributed by atoms with E-state index in [1.165, 1.54) is 0 Å². The summed E-state index contributed by atoms with van der Waals surface area (Å²) in [6.07, 6.45) is -3.24. The molecule has 2 aliphatic rings. The van der Waals surface area contributed by atoms with Gasteiger partial charge < -0.3 is 10.0 Å². The van der Waals surface area contributed by atoms with E-state index in [9.17, 15) is 18.3 Å². The van der Waals surface area contributed by atoms with E-state index in [1.54, 1.807) is 0 Å². The first kappa shape index (κ1) is 11.2. The van der Waals surface area contributed by atoms with Gasteiger partial charge in [0.05, 0.1) is 13.2 Å². The predicted molar refractivity (Wildman–Crippen MR) is 45.3 cm³/mol. The van der Waals surface area contributed by atoms with Gasteiger partial charge in [-0.15, -0.1) is 13.2 Å². The maximum atomic E-state index is 12.0. The molecule has 0 amide bonds. The molecule has 88 valence electrons. The van der Waals surface area contributed by atoms with Gasteiger partial charge in [0, 0.05) is 19.3 Å². The highest BCUT2D eigenvalue weighted by atomic mass is 19.4. The zero-order valence-corrected chi connectivity index (χ0v) is 8.31. The molecule has 2 aliphatic heterocycles. The Balaban J connectivity index is 1.99. The second-order valence-corrected chi connectivity index (χ2v) is 4.49. The molecule has 0 aromatic carbocycles. The summed E-state index contributed by atoms with van der Waals surface area (Å²) in [4.78, 5) is 1.07. The van der Waals surface area contributed by atoms with Gasteiger partial charge in [0.25, 0.3) is 0 Å². The summed E-state index contributed by atoms with van der Waals surface area (Å²) in [5.41, 5.74) is -0.365. The molecule has 0 saturated carbocycles. The Bertz CT molecular complexity index is 246. The number of rotatable bonds is 2. The van der Waals surface area contributed by atoms with E-state index in [-0.39, 0.29) is 12.1 Å². The van der Waals surface area contributed by atoms with Crippen molar-refractivity contribution in [2.45, 2.75) is 37.3 Å². The van der Waals surface area contributed by atoms with Gasteiger partial charge in [-0.25, -0.2) is 0 Å². The molecule has 2 heterocycles. The van der Waals surface area contributed by atoms with Crippen molar-refractivity contribution in [3.63, 3.8) is 0 Å². The Kier molecular flexibility index (Phi) is 2.68. The lowest BCUT2D eigenvalue weighted by atomic mass is 9.94. The highest BCUT2D eigenvalue weighted by Gasteiger charge is 2.54. The second-order valence-electron chi connectivity index (χ2n) is 4.49. The first-order valence-electron chi connectivity index (χ1n) is 5.16. The van der Waals surface area contributed by atoms with Crippen LogP contribution in [0.15, 0.2) is 0 Å². The predicted octanol–water partition coefficient (Wildman–Crippen LogP) is -0.295. The Morgan fingerprint density at radius 3 is 2.73 bits per heavy atom. The number of quaternary nitrogens is 1. The number of alkyl halides is 3. The van der Waals surface area contributed by atoms with Crippen molar-refractivity contribution in [1.82, 2.24) is 0 Å². The van der Waals surface area contributed by atoms with E-state index in [2.05, 4.69) is 4.74 Å². The SMILES string of the molecule is OC[C@@]12CCC[NH+]1C[C@@H](OC(F)(F)F)C2. The molecule has 2 rings (SSSR count). The third-order valence-corrected chi connectivity index (χ3v) is 3.58. The van der Waals surface area contributed by atoms with E-state index in [0.717, 1.165) is 24.3 Å². The third-order valence-electron chi connectivity index (χ3n) is 3.58. The van der Waals surface area contributed by atoms with Crippen LogP contribution in [0.2, 0.25) is 0 Å². The fourth-order valence-electron chi connectivity index (χ4n) is 2.96. The van der Waals surface area contributed by atoms with Gasteiger partial charge in [0.2, 0.25) is 0 Å². The Hall–Kier alpha value is -0.330. The standard InChI is InChI=1S/C9H14F3NO2/c10-9(11,12)15-7-4-8(6-14)2-1-3-13(8)5-7/h7,14H,1-6H2/p+1/t7-,8-/m0/s1. The first-order chi connectivity index (χ1) is 6.95. The summed E-state index contributed by atoms with van der Waals surface area (Å²) < 4.78 is 40.1. The average molecular weight is 226 g/mol. The van der Waals surface area contributed by atoms with Crippen LogP contribution in [0.1, 0.15) is 19.3 Å². The number of halogens is 3. The van der Waals surface area contributed by atoms with E-state index < -0.39 is 12.5 Å². The van der Waals surface area contributed by atoms with Crippen LogP contribution < -0.4 is 4.90 Å². The van der Waals surface area contributed by atoms with Crippen LogP contribution in [0.4, 0.5) is 13.2 Å². The summed E-state index contributed by atoms with van der Waals surface area (Å²) >= 11 is 0. The van der Waals surface area contributed by atoms with Crippen LogP contribution in [-0.2, 0) is 4.74 Å². The van der Waals surface area contributed by atoms with Gasteiger partial charge in [-0.3, -0.25) is 4.74 Å². The topological polar surface area (TPSA) is 33.9 Å². The van der Waals surface area contributed by atoms with Crippen molar-refractivity contribution >= 4 is 0 Å². The van der Waals surface area contributed by atoms with Crippen LogP contribution in [-0.4, -0.2) is 42.8 Å². The molecule has 3 nitrogen and oxygen atoms in total. The van der Waals surface area contributed by atoms with E-state index in [0.29, 0.717) is 13.0 Å². The number of hydrogen-bond donors (Lipinski definition) is 2. The van der Waals surface area contributed by atoms with Crippen LogP contribution >= 0.6 is 0 Å². The van der Waals surface area contributed by atoms with Gasteiger partial charge in [0.1, 0.15) is 18.2 Å². The molecule has 2 fully saturated rings. The molecule has 1 unspecified atom stereocenters. The quantitative estimate of drug-likeness (QED) is 0.678. The lowest BCUT2D eigenvalue weighted by Gasteiger charge is -2.25. The van der Waals surface area contributed by atoms with Crippen molar-refractivity contribution in [3.8, 4) is 0 Å². The van der Waals surface area contributed by atoms with E-state index in [1.807, 2.05) is 0 Å². The third kappa shape index (κ3) is 2.11. The molecular weight excluding hydrogens is 211 g/mol. The maximum Gasteiger partial charge on any atom is 0.522 e. The summed E-state index contributed by atoms with van der Waals surface area (Å²) in [6.45, 7) is 1.17. The minimum atomic E-state index is -4.56. The molecule has 0 aromatic rings. The summed E-state index contributed by atoms with van der Waals surface area (Å²) in [5, 5.41) is 9.29. The van der Waals surface area contributed by atoms with Crippen LogP contribution in [0.25, 0.3) is 0 Å². The minimum absolute atomic E-state index is 0.0416. The molecule has 3 atom stereocenters. The largest absolute Gasteiger partial charge is 0.522 e. The molecule has 0 spiro atoms. The van der Waals surface area contributed by atoms with Crippen LogP contribution in [0.3, 0.4) is 0 Å². The van der Waals surface area contributed by atoms with Gasteiger partial charge in [0.15, 0.2) is 0 Å². The molecule has 0 radical (unpaired) electrons. The number of fused-ring (bicyclic) bond motifs is 1. The molecule has 6 heteroatoms. The monoisotopic (exact) mass is 226 g/mol. The smallest absolute Gasteiger partial charge is 0.390 e. The first-order valence-corrected chi connectivity index (χ1v) is 5.16. The molecule has 2 N–H and O–H groups in total. The number of nitrogens with one attached hydrogen (secondary N) is 1. The van der Waals surface area contributed by atoms with Crippen molar-refractivity contribution in [1.29, 1.82) is 0 Å². The number of ether oxygens (including phenoxy) is 1. The highest BCUT2D eigenvalue weighted by Crippen LogP contribution is 2.29. The van der Waals surface area contributed by atoms with Gasteiger partial charge >= 0.3 is 6.36 Å². The lowest BCUT2D eigenvalue weighted by molar-refractivity contribution is -0.927. The zero-order chi connectivity index (χ0) is 11.1. The fraction of sp³-hybridized carbons (Fsp3) is 1.00. The lowest BCUT2D eigenvalue weighted by Crippen LogP contribution is -3.16. The zero-order valence-electron chi connectivity index (χ0n) is 8.31. The summed E-state index contributed by atoms with van der Waals surface area (Å²) in [5.74, 6) is 0. The van der Waals surface area contributed by atoms with E-state index in [4.69, 9.17) is 0 Å². The Morgan fingerprint density at radius 2 is 2.20 bits per heavy atom. The van der Waals surface area contributed by atoms with Crippen LogP contribution in [0, 0.1) is 0 Å². The van der Waals surface area contributed by atoms with E-state index >= 15 is 0 Å². The van der Waals surface area contributed by atoms with Gasteiger partial charge in [-0.2, -0.15) is 0 Å². The fourth-order valence-corrected chi connectivity index (χ4v) is 2.96. The maximum absolute atomic E-state index is 12.0. The summed E-state index contributed by atoms with van der Waals surface area (Å²) in [6, 6.07) is 0. The molecule has 2 saturated heterocycles. The second kappa shape index (κ2) is 3.61. The highest BCUT2D eigenvalue weighted by molar-refractivity contribution is 4.90.